The largest absolute Gasteiger partial charge is 0.472 e. The molecule has 24 heavy (non-hydrogen) atoms. The van der Waals surface area contributed by atoms with Crippen molar-refractivity contribution in [2.45, 2.75) is 12.0 Å². The zero-order valence-corrected chi connectivity index (χ0v) is 14.3. The van der Waals surface area contributed by atoms with E-state index < -0.39 is 5.60 Å². The third kappa shape index (κ3) is 3.53. The molecule has 0 aliphatic carbocycles. The molecule has 6 heteroatoms. The van der Waals surface area contributed by atoms with Gasteiger partial charge >= 0.3 is 0 Å². The molecule has 0 saturated heterocycles. The van der Waals surface area contributed by atoms with Gasteiger partial charge in [-0.05, 0) is 29.1 Å². The molecular weight excluding hydrogens is 346 g/mol. The van der Waals surface area contributed by atoms with E-state index >= 15 is 0 Å². The fourth-order valence-electron chi connectivity index (χ4n) is 2.45. The lowest BCUT2D eigenvalue weighted by Crippen LogP contribution is -2.41. The van der Waals surface area contributed by atoms with Crippen LogP contribution in [0.1, 0.15) is 16.0 Å². The lowest BCUT2D eigenvalue weighted by molar-refractivity contribution is -0.121. The topological polar surface area (TPSA) is 62.5 Å². The van der Waals surface area contributed by atoms with E-state index in [9.17, 15) is 9.90 Å². The van der Waals surface area contributed by atoms with Crippen molar-refractivity contribution in [3.8, 4) is 0 Å². The Morgan fingerprint density at radius 1 is 1.25 bits per heavy atom. The van der Waals surface area contributed by atoms with Crippen molar-refractivity contribution in [3.63, 3.8) is 0 Å². The molecule has 2 aromatic heterocycles. The molecule has 1 amide bonds. The van der Waals surface area contributed by atoms with Crippen molar-refractivity contribution in [2.24, 2.45) is 0 Å². The minimum Gasteiger partial charge on any atom is -0.472 e. The Balaban J connectivity index is 1.73. The first kappa shape index (κ1) is 16.8. The van der Waals surface area contributed by atoms with Gasteiger partial charge in [-0.3, -0.25) is 4.79 Å². The monoisotopic (exact) mass is 361 g/mol. The minimum absolute atomic E-state index is 0.0519. The molecule has 0 bridgehead atoms. The van der Waals surface area contributed by atoms with Crippen LogP contribution in [0, 0.1) is 0 Å². The lowest BCUT2D eigenvalue weighted by atomic mass is 9.94. The molecule has 4 nitrogen and oxygen atoms in total. The number of nitrogens with one attached hydrogen (secondary N) is 1. The molecule has 0 aliphatic heterocycles. The highest BCUT2D eigenvalue weighted by atomic mass is 35.5. The van der Waals surface area contributed by atoms with Gasteiger partial charge in [0.1, 0.15) is 5.60 Å². The summed E-state index contributed by atoms with van der Waals surface area (Å²) in [5.41, 5.74) is 0.0275. The van der Waals surface area contributed by atoms with Gasteiger partial charge in [0.25, 0.3) is 0 Å². The average Bonchev–Trinajstić information content (AvgIpc) is 3.28. The summed E-state index contributed by atoms with van der Waals surface area (Å²) in [5, 5.41) is 16.3. The maximum absolute atomic E-state index is 12.2. The molecule has 0 aliphatic rings. The maximum Gasteiger partial charge on any atom is 0.224 e. The Bertz CT molecular complexity index is 765. The van der Waals surface area contributed by atoms with Gasteiger partial charge in [-0.15, -0.1) is 11.3 Å². The van der Waals surface area contributed by atoms with E-state index in [0.29, 0.717) is 10.6 Å². The van der Waals surface area contributed by atoms with E-state index in [1.54, 1.807) is 12.1 Å². The molecular formula is C18H16ClNO3S. The van der Waals surface area contributed by atoms with Gasteiger partial charge in [-0.1, -0.05) is 35.9 Å². The van der Waals surface area contributed by atoms with Gasteiger partial charge in [0.15, 0.2) is 0 Å². The normalized spacial score (nSPS) is 13.4. The molecule has 0 fully saturated rings. The van der Waals surface area contributed by atoms with Gasteiger partial charge in [-0.25, -0.2) is 0 Å². The predicted octanol–water partition coefficient (Wildman–Crippen LogP) is 3.59. The van der Waals surface area contributed by atoms with Gasteiger partial charge in [0, 0.05) is 15.5 Å². The first-order chi connectivity index (χ1) is 11.6. The highest BCUT2D eigenvalue weighted by Crippen LogP contribution is 2.32. The molecule has 1 atom stereocenters. The van der Waals surface area contributed by atoms with E-state index in [4.69, 9.17) is 16.0 Å². The van der Waals surface area contributed by atoms with Crippen molar-refractivity contribution < 1.29 is 14.3 Å². The standard InChI is InChI=1S/C18H16ClNO3S/c19-15-5-2-1-4-13(15)10-17(21)20-12-18(22,14-7-8-23-11-14)16-6-3-9-24-16/h1-9,11,22H,10,12H2,(H,20,21)/t18-/m0/s1. The SMILES string of the molecule is O=C(Cc1ccccc1Cl)NC[C@](O)(c1ccoc1)c1cccs1. The van der Waals surface area contributed by atoms with Crippen LogP contribution in [-0.4, -0.2) is 17.6 Å². The van der Waals surface area contributed by atoms with E-state index in [-0.39, 0.29) is 18.9 Å². The number of hydrogen-bond donors (Lipinski definition) is 2. The van der Waals surface area contributed by atoms with Crippen LogP contribution in [-0.2, 0) is 16.8 Å². The zero-order chi connectivity index (χ0) is 17.0. The summed E-state index contributed by atoms with van der Waals surface area (Å²) in [5.74, 6) is -0.207. The molecule has 2 N–H and O–H groups in total. The van der Waals surface area contributed by atoms with Crippen LogP contribution in [0.2, 0.25) is 5.02 Å². The van der Waals surface area contributed by atoms with Crippen molar-refractivity contribution >= 4 is 28.8 Å². The Morgan fingerprint density at radius 3 is 2.75 bits per heavy atom. The number of thiophene rings is 1. The van der Waals surface area contributed by atoms with E-state index in [2.05, 4.69) is 5.32 Å². The fourth-order valence-corrected chi connectivity index (χ4v) is 3.50. The van der Waals surface area contributed by atoms with E-state index in [1.807, 2.05) is 35.7 Å². The van der Waals surface area contributed by atoms with Crippen molar-refractivity contribution in [3.05, 3.63) is 81.4 Å². The summed E-state index contributed by atoms with van der Waals surface area (Å²) in [6.45, 7) is 0.0519. The van der Waals surface area contributed by atoms with E-state index in [0.717, 1.165) is 10.4 Å². The quantitative estimate of drug-likeness (QED) is 0.705. The number of aliphatic hydroxyl groups is 1. The van der Waals surface area contributed by atoms with Gasteiger partial charge in [0.2, 0.25) is 5.91 Å². The summed E-state index contributed by atoms with van der Waals surface area (Å²) < 4.78 is 5.09. The van der Waals surface area contributed by atoms with Crippen LogP contribution in [0.5, 0.6) is 0 Å². The Kier molecular flexibility index (Phi) is 5.04. The third-order valence-electron chi connectivity index (χ3n) is 3.78. The summed E-state index contributed by atoms with van der Waals surface area (Å²) >= 11 is 7.50. The first-order valence-electron chi connectivity index (χ1n) is 7.39. The fraction of sp³-hybridized carbons (Fsp3) is 0.167. The predicted molar refractivity (Wildman–Crippen MR) is 94.2 cm³/mol. The Hall–Kier alpha value is -2.08. The second-order valence-corrected chi connectivity index (χ2v) is 6.75. The average molecular weight is 362 g/mol. The van der Waals surface area contributed by atoms with Gasteiger partial charge in [-0.2, -0.15) is 0 Å². The molecule has 2 heterocycles. The van der Waals surface area contributed by atoms with Crippen LogP contribution in [0.4, 0.5) is 0 Å². The van der Waals surface area contributed by atoms with Crippen LogP contribution in [0.15, 0.2) is 64.8 Å². The Labute approximate surface area is 148 Å². The number of hydrogen-bond acceptors (Lipinski definition) is 4. The number of rotatable bonds is 6. The highest BCUT2D eigenvalue weighted by molar-refractivity contribution is 7.10. The van der Waals surface area contributed by atoms with Crippen LogP contribution < -0.4 is 5.32 Å². The second kappa shape index (κ2) is 7.21. The van der Waals surface area contributed by atoms with Crippen molar-refractivity contribution in [2.75, 3.05) is 6.54 Å². The van der Waals surface area contributed by atoms with Crippen LogP contribution in [0.25, 0.3) is 0 Å². The molecule has 0 radical (unpaired) electrons. The minimum atomic E-state index is -1.32. The summed E-state index contributed by atoms with van der Waals surface area (Å²) in [6, 6.07) is 12.6. The molecule has 124 valence electrons. The first-order valence-corrected chi connectivity index (χ1v) is 8.64. The van der Waals surface area contributed by atoms with Crippen LogP contribution >= 0.6 is 22.9 Å². The summed E-state index contributed by atoms with van der Waals surface area (Å²) in [7, 11) is 0. The van der Waals surface area contributed by atoms with Crippen molar-refractivity contribution in [1.29, 1.82) is 0 Å². The maximum atomic E-state index is 12.2. The molecule has 0 spiro atoms. The van der Waals surface area contributed by atoms with Crippen molar-refractivity contribution in [1.82, 2.24) is 5.32 Å². The molecule has 1 aromatic carbocycles. The number of carbonyl (C=O) groups excluding carboxylic acids is 1. The lowest BCUT2D eigenvalue weighted by Gasteiger charge is -2.26. The number of benzene rings is 1. The van der Waals surface area contributed by atoms with Gasteiger partial charge in [0.05, 0.1) is 25.5 Å². The molecule has 0 unspecified atom stereocenters. The molecule has 3 rings (SSSR count). The van der Waals surface area contributed by atoms with Crippen LogP contribution in [0.3, 0.4) is 0 Å². The molecule has 3 aromatic rings. The number of halogens is 1. The summed E-state index contributed by atoms with van der Waals surface area (Å²) in [6.07, 6.45) is 3.14. The number of amides is 1. The van der Waals surface area contributed by atoms with Gasteiger partial charge < -0.3 is 14.8 Å². The highest BCUT2D eigenvalue weighted by Gasteiger charge is 2.34. The number of carbonyl (C=O) groups is 1. The smallest absolute Gasteiger partial charge is 0.224 e. The zero-order valence-electron chi connectivity index (χ0n) is 12.7. The number of furan rings is 1. The Morgan fingerprint density at radius 2 is 2.08 bits per heavy atom. The third-order valence-corrected chi connectivity index (χ3v) is 5.17. The molecule has 0 saturated carbocycles. The summed E-state index contributed by atoms with van der Waals surface area (Å²) in [4.78, 5) is 13.0. The van der Waals surface area contributed by atoms with E-state index in [1.165, 1.54) is 23.9 Å². The second-order valence-electron chi connectivity index (χ2n) is 5.39.